The molecular weight excluding hydrogens is 274 g/mol. The van der Waals surface area contributed by atoms with Crippen molar-refractivity contribution >= 4 is 33.1 Å². The lowest BCUT2D eigenvalue weighted by atomic mass is 10.3. The SMILES string of the molecule is CCC(C(N)=S)S(=O)(=O)NC(C)C(=O)N(C)CC. The highest BCUT2D eigenvalue weighted by Crippen LogP contribution is 2.06. The molecule has 0 radical (unpaired) electrons. The molecule has 0 saturated carbocycles. The number of rotatable bonds is 7. The van der Waals surface area contributed by atoms with Gasteiger partial charge in [0.25, 0.3) is 0 Å². The van der Waals surface area contributed by atoms with Gasteiger partial charge in [-0.05, 0) is 20.3 Å². The van der Waals surface area contributed by atoms with Crippen molar-refractivity contribution in [2.75, 3.05) is 13.6 Å². The molecule has 0 bridgehead atoms. The number of likely N-dealkylation sites (N-methyl/N-ethyl adjacent to an activating group) is 1. The fourth-order valence-electron chi connectivity index (χ4n) is 1.44. The van der Waals surface area contributed by atoms with E-state index in [1.54, 1.807) is 14.0 Å². The molecule has 0 aromatic carbocycles. The zero-order valence-corrected chi connectivity index (χ0v) is 12.8. The van der Waals surface area contributed by atoms with Gasteiger partial charge in [0.05, 0.1) is 11.0 Å². The summed E-state index contributed by atoms with van der Waals surface area (Å²) in [5, 5.41) is -0.949. The van der Waals surface area contributed by atoms with E-state index in [-0.39, 0.29) is 17.3 Å². The van der Waals surface area contributed by atoms with Crippen LogP contribution in [0.3, 0.4) is 0 Å². The molecule has 6 nitrogen and oxygen atoms in total. The van der Waals surface area contributed by atoms with Gasteiger partial charge in [0.1, 0.15) is 5.25 Å². The smallest absolute Gasteiger partial charge is 0.240 e. The number of sulfonamides is 1. The third-order valence-corrected chi connectivity index (χ3v) is 5.08. The molecule has 2 unspecified atom stereocenters. The molecule has 18 heavy (non-hydrogen) atoms. The standard InChI is InChI=1S/C10H21N3O3S2/c1-5-8(9(11)17)18(15,16)12-7(3)10(14)13(4)6-2/h7-8,12H,5-6H2,1-4H3,(H2,11,17). The average Bonchev–Trinajstić information content (AvgIpc) is 2.25. The van der Waals surface area contributed by atoms with E-state index >= 15 is 0 Å². The molecule has 0 aromatic heterocycles. The summed E-state index contributed by atoms with van der Waals surface area (Å²) in [6, 6.07) is -0.830. The topological polar surface area (TPSA) is 92.5 Å². The maximum atomic E-state index is 12.0. The van der Waals surface area contributed by atoms with Crippen LogP contribution in [0, 0.1) is 0 Å². The molecule has 0 aliphatic rings. The molecule has 2 atom stereocenters. The summed E-state index contributed by atoms with van der Waals surface area (Å²) in [6.45, 7) is 5.49. The first kappa shape index (κ1) is 17.3. The molecule has 0 aliphatic carbocycles. The highest BCUT2D eigenvalue weighted by molar-refractivity contribution is 7.93. The van der Waals surface area contributed by atoms with Crippen LogP contribution in [-0.2, 0) is 14.8 Å². The molecule has 8 heteroatoms. The van der Waals surface area contributed by atoms with Crippen molar-refractivity contribution < 1.29 is 13.2 Å². The highest BCUT2D eigenvalue weighted by Gasteiger charge is 2.30. The van der Waals surface area contributed by atoms with Crippen LogP contribution >= 0.6 is 12.2 Å². The van der Waals surface area contributed by atoms with Crippen molar-refractivity contribution in [2.45, 2.75) is 38.5 Å². The molecule has 0 spiro atoms. The van der Waals surface area contributed by atoms with Crippen LogP contribution in [0.4, 0.5) is 0 Å². The van der Waals surface area contributed by atoms with Gasteiger partial charge in [0, 0.05) is 13.6 Å². The average molecular weight is 295 g/mol. The van der Waals surface area contributed by atoms with Gasteiger partial charge in [0.15, 0.2) is 0 Å². The van der Waals surface area contributed by atoms with Crippen LogP contribution in [0.2, 0.25) is 0 Å². The summed E-state index contributed by atoms with van der Waals surface area (Å²) in [5.74, 6) is -0.293. The Hall–Kier alpha value is -0.730. The van der Waals surface area contributed by atoms with Gasteiger partial charge in [-0.1, -0.05) is 19.1 Å². The molecule has 0 heterocycles. The second kappa shape index (κ2) is 7.01. The molecule has 0 rings (SSSR count). The van der Waals surface area contributed by atoms with E-state index in [0.717, 1.165) is 0 Å². The first-order valence-corrected chi connectivity index (χ1v) is 7.68. The molecule has 1 amide bonds. The normalized spacial score (nSPS) is 14.9. The van der Waals surface area contributed by atoms with E-state index in [4.69, 9.17) is 18.0 Å². The van der Waals surface area contributed by atoms with Crippen LogP contribution in [0.15, 0.2) is 0 Å². The van der Waals surface area contributed by atoms with Crippen LogP contribution in [0.25, 0.3) is 0 Å². The Morgan fingerprint density at radius 2 is 1.94 bits per heavy atom. The van der Waals surface area contributed by atoms with Crippen molar-refractivity contribution in [3.8, 4) is 0 Å². The van der Waals surface area contributed by atoms with Gasteiger partial charge in [-0.3, -0.25) is 4.79 Å². The quantitative estimate of drug-likeness (QED) is 0.637. The summed E-state index contributed by atoms with van der Waals surface area (Å²) in [5.41, 5.74) is 5.39. The predicted octanol–water partition coefficient (Wildman–Crippen LogP) is -0.163. The van der Waals surface area contributed by atoms with E-state index in [2.05, 4.69) is 4.72 Å². The first-order valence-electron chi connectivity index (χ1n) is 5.72. The second-order valence-corrected chi connectivity index (χ2v) is 6.40. The predicted molar refractivity (Wildman–Crippen MR) is 75.7 cm³/mol. The van der Waals surface area contributed by atoms with E-state index in [0.29, 0.717) is 6.54 Å². The molecule has 0 aliphatic heterocycles. The summed E-state index contributed by atoms with van der Waals surface area (Å²) in [6.07, 6.45) is 0.273. The fourth-order valence-corrected chi connectivity index (χ4v) is 3.49. The minimum atomic E-state index is -3.72. The first-order chi connectivity index (χ1) is 8.17. The Morgan fingerprint density at radius 1 is 1.44 bits per heavy atom. The number of amides is 1. The number of hydrogen-bond acceptors (Lipinski definition) is 4. The van der Waals surface area contributed by atoms with Gasteiger partial charge in [0.2, 0.25) is 15.9 Å². The Bertz CT molecular complexity index is 409. The maximum absolute atomic E-state index is 12.0. The van der Waals surface area contributed by atoms with E-state index < -0.39 is 21.3 Å². The van der Waals surface area contributed by atoms with E-state index in [1.165, 1.54) is 11.8 Å². The third-order valence-electron chi connectivity index (χ3n) is 2.62. The monoisotopic (exact) mass is 295 g/mol. The van der Waals surface area contributed by atoms with Crippen molar-refractivity contribution in [1.29, 1.82) is 0 Å². The molecule has 106 valence electrons. The van der Waals surface area contributed by atoms with Crippen molar-refractivity contribution in [3.63, 3.8) is 0 Å². The Morgan fingerprint density at radius 3 is 2.28 bits per heavy atom. The molecule has 3 N–H and O–H groups in total. The number of nitrogens with zero attached hydrogens (tertiary/aromatic N) is 1. The van der Waals surface area contributed by atoms with Crippen LogP contribution < -0.4 is 10.5 Å². The molecule has 0 fully saturated rings. The Kier molecular flexibility index (Phi) is 6.72. The molecule has 0 saturated heterocycles. The van der Waals surface area contributed by atoms with E-state index in [9.17, 15) is 13.2 Å². The molecule has 0 aromatic rings. The second-order valence-electron chi connectivity index (χ2n) is 4.04. The van der Waals surface area contributed by atoms with Gasteiger partial charge in [-0.25, -0.2) is 13.1 Å². The molecular formula is C10H21N3O3S2. The lowest BCUT2D eigenvalue weighted by Gasteiger charge is -2.22. The lowest BCUT2D eigenvalue weighted by Crippen LogP contribution is -2.50. The number of nitrogens with two attached hydrogens (primary N) is 1. The number of hydrogen-bond donors (Lipinski definition) is 2. The number of carbonyl (C=O) groups excluding carboxylic acids is 1. The number of carbonyl (C=O) groups is 1. The maximum Gasteiger partial charge on any atom is 0.240 e. The van der Waals surface area contributed by atoms with Gasteiger partial charge in [-0.2, -0.15) is 0 Å². The minimum Gasteiger partial charge on any atom is -0.392 e. The largest absolute Gasteiger partial charge is 0.392 e. The zero-order chi connectivity index (χ0) is 14.5. The summed E-state index contributed by atoms with van der Waals surface area (Å²) < 4.78 is 26.3. The van der Waals surface area contributed by atoms with Crippen LogP contribution in [0.1, 0.15) is 27.2 Å². The Labute approximate surface area is 114 Å². The highest BCUT2D eigenvalue weighted by atomic mass is 32.2. The van der Waals surface area contributed by atoms with Crippen molar-refractivity contribution in [1.82, 2.24) is 9.62 Å². The van der Waals surface area contributed by atoms with Gasteiger partial charge < -0.3 is 10.6 Å². The summed E-state index contributed by atoms with van der Waals surface area (Å²) in [4.78, 5) is 13.1. The van der Waals surface area contributed by atoms with E-state index in [1.807, 2.05) is 6.92 Å². The number of thiocarbonyl (C=S) groups is 1. The lowest BCUT2D eigenvalue weighted by molar-refractivity contribution is -0.131. The van der Waals surface area contributed by atoms with Gasteiger partial charge >= 0.3 is 0 Å². The Balaban J connectivity index is 4.88. The minimum absolute atomic E-state index is 0.0894. The van der Waals surface area contributed by atoms with Crippen LogP contribution in [0.5, 0.6) is 0 Å². The van der Waals surface area contributed by atoms with Gasteiger partial charge in [-0.15, -0.1) is 0 Å². The summed E-state index contributed by atoms with van der Waals surface area (Å²) in [7, 11) is -2.11. The fraction of sp³-hybridized carbons (Fsp3) is 0.800. The van der Waals surface area contributed by atoms with Crippen molar-refractivity contribution in [2.24, 2.45) is 5.73 Å². The third kappa shape index (κ3) is 4.51. The van der Waals surface area contributed by atoms with Crippen LogP contribution in [-0.4, -0.2) is 49.1 Å². The number of nitrogens with one attached hydrogen (secondary N) is 1. The van der Waals surface area contributed by atoms with Crippen molar-refractivity contribution in [3.05, 3.63) is 0 Å². The summed E-state index contributed by atoms with van der Waals surface area (Å²) >= 11 is 4.72. The zero-order valence-electron chi connectivity index (χ0n) is 11.1.